The van der Waals surface area contributed by atoms with Crippen LogP contribution in [-0.4, -0.2) is 4.98 Å². The van der Waals surface area contributed by atoms with E-state index >= 15 is 0 Å². The Balaban J connectivity index is 1.81. The molecule has 0 fully saturated rings. The molecule has 3 heteroatoms. The molecule has 0 saturated carbocycles. The Hall–Kier alpha value is -3.48. The number of aromatic nitrogens is 1. The maximum Gasteiger partial charge on any atom is 0.135 e. The van der Waals surface area contributed by atoms with Gasteiger partial charge in [0.1, 0.15) is 11.1 Å². The zero-order valence-electron chi connectivity index (χ0n) is 14.4. The number of hydrogen-bond donors (Lipinski definition) is 0. The van der Waals surface area contributed by atoms with Crippen molar-refractivity contribution in [3.8, 4) is 6.07 Å². The molecule has 0 aliphatic rings. The number of nitriles is 1. The summed E-state index contributed by atoms with van der Waals surface area (Å²) < 4.78 is 1.09. The van der Waals surface area contributed by atoms with E-state index < -0.39 is 0 Å². The second-order valence-electron chi connectivity index (χ2n) is 6.39. The standard InChI is InChI=1S/C24H14N2S/c25-15-18(24-26-22-11-5-6-12-23(22)27-24)14-21-19-9-3-1-7-16(19)13-17-8-2-4-10-20(17)21/h1-14H/b18-14-. The summed E-state index contributed by atoms with van der Waals surface area (Å²) in [6.45, 7) is 0. The number of thiazole rings is 1. The minimum absolute atomic E-state index is 0.595. The SMILES string of the molecule is N#C/C(=C/c1c2ccccc2cc2ccccc12)c1nc2ccccc2s1. The summed E-state index contributed by atoms with van der Waals surface area (Å²) in [5, 5.41) is 15.2. The molecule has 0 unspecified atom stereocenters. The van der Waals surface area contributed by atoms with Crippen molar-refractivity contribution in [2.75, 3.05) is 0 Å². The van der Waals surface area contributed by atoms with E-state index in [0.717, 1.165) is 31.6 Å². The van der Waals surface area contributed by atoms with Gasteiger partial charge < -0.3 is 0 Å². The van der Waals surface area contributed by atoms with E-state index in [4.69, 9.17) is 0 Å². The van der Waals surface area contributed by atoms with Crippen LogP contribution in [-0.2, 0) is 0 Å². The molecule has 0 atom stereocenters. The summed E-state index contributed by atoms with van der Waals surface area (Å²) in [7, 11) is 0. The van der Waals surface area contributed by atoms with Gasteiger partial charge in [0.2, 0.25) is 0 Å². The lowest BCUT2D eigenvalue weighted by molar-refractivity contribution is 1.44. The molecule has 0 aliphatic heterocycles. The molecular weight excluding hydrogens is 348 g/mol. The monoisotopic (exact) mass is 362 g/mol. The highest BCUT2D eigenvalue weighted by Crippen LogP contribution is 2.33. The lowest BCUT2D eigenvalue weighted by atomic mass is 9.95. The van der Waals surface area contributed by atoms with Gasteiger partial charge in [0.25, 0.3) is 0 Å². The molecule has 0 aliphatic carbocycles. The molecule has 4 aromatic carbocycles. The van der Waals surface area contributed by atoms with E-state index in [-0.39, 0.29) is 0 Å². The van der Waals surface area contributed by atoms with E-state index in [9.17, 15) is 5.26 Å². The fraction of sp³-hybridized carbons (Fsp3) is 0. The predicted octanol–water partition coefficient (Wildman–Crippen LogP) is 6.67. The van der Waals surface area contributed by atoms with Crippen molar-refractivity contribution in [3.63, 3.8) is 0 Å². The van der Waals surface area contributed by atoms with Gasteiger partial charge in [0.15, 0.2) is 0 Å². The zero-order valence-corrected chi connectivity index (χ0v) is 15.2. The Morgan fingerprint density at radius 1 is 0.852 bits per heavy atom. The Morgan fingerprint density at radius 2 is 1.48 bits per heavy atom. The fourth-order valence-electron chi connectivity index (χ4n) is 3.48. The van der Waals surface area contributed by atoms with Crippen molar-refractivity contribution >= 4 is 54.7 Å². The third-order valence-corrected chi connectivity index (χ3v) is 5.82. The van der Waals surface area contributed by atoms with E-state index in [2.05, 4.69) is 41.4 Å². The fourth-order valence-corrected chi connectivity index (χ4v) is 4.41. The predicted molar refractivity (Wildman–Crippen MR) is 115 cm³/mol. The van der Waals surface area contributed by atoms with Crippen LogP contribution >= 0.6 is 11.3 Å². The van der Waals surface area contributed by atoms with Gasteiger partial charge in [-0.05, 0) is 51.4 Å². The van der Waals surface area contributed by atoms with Crippen LogP contribution in [0.5, 0.6) is 0 Å². The van der Waals surface area contributed by atoms with Crippen molar-refractivity contribution in [2.45, 2.75) is 0 Å². The lowest BCUT2D eigenvalue weighted by Crippen LogP contribution is -1.86. The summed E-state index contributed by atoms with van der Waals surface area (Å²) in [6, 6.07) is 29.2. The molecule has 126 valence electrons. The molecule has 27 heavy (non-hydrogen) atoms. The largest absolute Gasteiger partial charge is 0.235 e. The first-order valence-electron chi connectivity index (χ1n) is 8.72. The Morgan fingerprint density at radius 3 is 2.15 bits per heavy atom. The summed E-state index contributed by atoms with van der Waals surface area (Å²) >= 11 is 1.56. The molecule has 0 amide bonds. The van der Waals surface area contributed by atoms with Crippen LogP contribution in [0.4, 0.5) is 0 Å². The number of rotatable bonds is 2. The molecule has 0 radical (unpaired) electrons. The Kier molecular flexibility index (Phi) is 3.71. The number of hydrogen-bond acceptors (Lipinski definition) is 3. The van der Waals surface area contributed by atoms with E-state index in [1.807, 2.05) is 54.6 Å². The number of benzene rings is 4. The first kappa shape index (κ1) is 15.7. The summed E-state index contributed by atoms with van der Waals surface area (Å²) in [5.74, 6) is 0. The molecule has 5 rings (SSSR count). The van der Waals surface area contributed by atoms with Crippen LogP contribution < -0.4 is 0 Å². The number of fused-ring (bicyclic) bond motifs is 3. The van der Waals surface area contributed by atoms with Crippen molar-refractivity contribution in [2.24, 2.45) is 0 Å². The maximum absolute atomic E-state index is 9.86. The molecule has 5 aromatic rings. The molecule has 0 N–H and O–H groups in total. The van der Waals surface area contributed by atoms with E-state index in [1.165, 1.54) is 10.8 Å². The molecule has 0 bridgehead atoms. The summed E-state index contributed by atoms with van der Waals surface area (Å²) in [4.78, 5) is 4.67. The summed E-state index contributed by atoms with van der Waals surface area (Å²) in [6.07, 6.45) is 1.99. The molecule has 0 spiro atoms. The smallest absolute Gasteiger partial charge is 0.135 e. The number of allylic oxidation sites excluding steroid dienone is 1. The molecule has 1 aromatic heterocycles. The van der Waals surface area contributed by atoms with Gasteiger partial charge >= 0.3 is 0 Å². The van der Waals surface area contributed by atoms with Gasteiger partial charge in [0.05, 0.1) is 15.8 Å². The second kappa shape index (κ2) is 6.35. The van der Waals surface area contributed by atoms with Crippen molar-refractivity contribution in [1.82, 2.24) is 4.98 Å². The normalized spacial score (nSPS) is 11.9. The van der Waals surface area contributed by atoms with Crippen LogP contribution in [0.3, 0.4) is 0 Å². The number of para-hydroxylation sites is 1. The minimum Gasteiger partial charge on any atom is -0.235 e. The first-order valence-corrected chi connectivity index (χ1v) is 9.53. The van der Waals surface area contributed by atoms with Crippen molar-refractivity contribution < 1.29 is 0 Å². The average molecular weight is 362 g/mol. The average Bonchev–Trinajstić information content (AvgIpc) is 3.15. The van der Waals surface area contributed by atoms with Crippen molar-refractivity contribution in [3.05, 3.63) is 89.4 Å². The van der Waals surface area contributed by atoms with Gasteiger partial charge in [-0.2, -0.15) is 5.26 Å². The highest BCUT2D eigenvalue weighted by molar-refractivity contribution is 7.19. The third-order valence-electron chi connectivity index (χ3n) is 4.75. The van der Waals surface area contributed by atoms with Gasteiger partial charge in [-0.1, -0.05) is 60.7 Å². The second-order valence-corrected chi connectivity index (χ2v) is 7.42. The van der Waals surface area contributed by atoms with Crippen LogP contribution in [0, 0.1) is 11.3 Å². The molecule has 0 saturated heterocycles. The van der Waals surface area contributed by atoms with E-state index in [1.54, 1.807) is 11.3 Å². The number of nitrogens with zero attached hydrogens (tertiary/aromatic N) is 2. The van der Waals surface area contributed by atoms with Crippen LogP contribution in [0.25, 0.3) is 43.4 Å². The molecule has 1 heterocycles. The highest BCUT2D eigenvalue weighted by atomic mass is 32.1. The zero-order chi connectivity index (χ0) is 18.2. The molecule has 2 nitrogen and oxygen atoms in total. The van der Waals surface area contributed by atoms with Crippen LogP contribution in [0.2, 0.25) is 0 Å². The topological polar surface area (TPSA) is 36.7 Å². The van der Waals surface area contributed by atoms with Gasteiger partial charge in [-0.25, -0.2) is 4.98 Å². The Labute approximate surface area is 160 Å². The third kappa shape index (κ3) is 2.68. The van der Waals surface area contributed by atoms with Crippen LogP contribution in [0.1, 0.15) is 10.6 Å². The van der Waals surface area contributed by atoms with E-state index in [0.29, 0.717) is 5.57 Å². The van der Waals surface area contributed by atoms with Gasteiger partial charge in [-0.15, -0.1) is 11.3 Å². The summed E-state index contributed by atoms with van der Waals surface area (Å²) in [5.41, 5.74) is 2.60. The highest BCUT2D eigenvalue weighted by Gasteiger charge is 2.11. The lowest BCUT2D eigenvalue weighted by Gasteiger charge is -2.08. The minimum atomic E-state index is 0.595. The molecular formula is C24H14N2S. The first-order chi connectivity index (χ1) is 13.3. The quantitative estimate of drug-likeness (QED) is 0.260. The van der Waals surface area contributed by atoms with Gasteiger partial charge in [0, 0.05) is 0 Å². The Bertz CT molecular complexity index is 1300. The van der Waals surface area contributed by atoms with Crippen LogP contribution in [0.15, 0.2) is 78.9 Å². The van der Waals surface area contributed by atoms with Gasteiger partial charge in [-0.3, -0.25) is 0 Å². The maximum atomic E-state index is 9.86. The van der Waals surface area contributed by atoms with Crippen molar-refractivity contribution in [1.29, 1.82) is 5.26 Å².